The molecule has 1 heteroatoms. The van der Waals surface area contributed by atoms with E-state index in [9.17, 15) is 0 Å². The highest BCUT2D eigenvalue weighted by molar-refractivity contribution is 5.79. The van der Waals surface area contributed by atoms with Crippen LogP contribution in [0, 0.1) is 6.92 Å². The second-order valence-corrected chi connectivity index (χ2v) is 6.89. The van der Waals surface area contributed by atoms with E-state index in [2.05, 4.69) is 94.4 Å². The van der Waals surface area contributed by atoms with Crippen molar-refractivity contribution < 1.29 is 0 Å². The predicted molar refractivity (Wildman–Crippen MR) is 123 cm³/mol. The predicted octanol–water partition coefficient (Wildman–Crippen LogP) is 7.65. The summed E-state index contributed by atoms with van der Waals surface area (Å²) in [4.78, 5) is 0. The zero-order chi connectivity index (χ0) is 20.0. The molecule has 0 aromatic heterocycles. The third kappa shape index (κ3) is 5.21. The average molecular weight is 356 g/mol. The highest BCUT2D eigenvalue weighted by Gasteiger charge is 2.05. The Labute approximate surface area is 164 Å². The highest BCUT2D eigenvalue weighted by Crippen LogP contribution is 2.25. The van der Waals surface area contributed by atoms with Crippen LogP contribution in [0.5, 0.6) is 0 Å². The lowest BCUT2D eigenvalue weighted by molar-refractivity contribution is 1.40. The molecular weight excluding hydrogens is 326 g/mol. The van der Waals surface area contributed by atoms with Gasteiger partial charge >= 0.3 is 0 Å². The van der Waals surface area contributed by atoms with Crippen molar-refractivity contribution in [3.8, 4) is 0 Å². The molecule has 0 saturated carbocycles. The molecular formula is C26H29N. The summed E-state index contributed by atoms with van der Waals surface area (Å²) in [7, 11) is 0. The molecule has 0 aliphatic carbocycles. The maximum Gasteiger partial charge on any atom is 0.0390 e. The molecule has 2 aromatic rings. The number of hydrogen-bond donors (Lipinski definition) is 1. The van der Waals surface area contributed by atoms with Crippen molar-refractivity contribution in [1.82, 2.24) is 0 Å². The van der Waals surface area contributed by atoms with Gasteiger partial charge in [0.2, 0.25) is 0 Å². The van der Waals surface area contributed by atoms with Gasteiger partial charge in [0.25, 0.3) is 0 Å². The average Bonchev–Trinajstić information content (AvgIpc) is 2.66. The molecule has 0 spiro atoms. The Morgan fingerprint density at radius 3 is 2.15 bits per heavy atom. The maximum atomic E-state index is 4.20. The highest BCUT2D eigenvalue weighted by atomic mass is 14.9. The summed E-state index contributed by atoms with van der Waals surface area (Å²) in [5, 5.41) is 3.41. The summed E-state index contributed by atoms with van der Waals surface area (Å²) in [5.41, 5.74) is 10.1. The first-order valence-corrected chi connectivity index (χ1v) is 9.13. The number of anilines is 1. The van der Waals surface area contributed by atoms with Gasteiger partial charge in [0.1, 0.15) is 0 Å². The molecule has 0 unspecified atom stereocenters. The van der Waals surface area contributed by atoms with Crippen molar-refractivity contribution >= 4 is 22.5 Å². The summed E-state index contributed by atoms with van der Waals surface area (Å²) in [6, 6.07) is 14.8. The van der Waals surface area contributed by atoms with E-state index in [0.29, 0.717) is 0 Å². The molecule has 0 amide bonds. The normalized spacial score (nSPS) is 11.9. The van der Waals surface area contributed by atoms with Gasteiger partial charge in [0, 0.05) is 11.4 Å². The van der Waals surface area contributed by atoms with E-state index in [0.717, 1.165) is 22.5 Å². The van der Waals surface area contributed by atoms with Crippen LogP contribution in [0.3, 0.4) is 0 Å². The minimum Gasteiger partial charge on any atom is -0.356 e. The third-order valence-electron chi connectivity index (χ3n) is 4.73. The topological polar surface area (TPSA) is 12.0 Å². The largest absolute Gasteiger partial charge is 0.356 e. The number of aryl methyl sites for hydroxylation is 1. The molecule has 1 nitrogen and oxygen atoms in total. The van der Waals surface area contributed by atoms with Gasteiger partial charge in [-0.3, -0.25) is 0 Å². The van der Waals surface area contributed by atoms with Crippen LogP contribution < -0.4 is 5.32 Å². The van der Waals surface area contributed by atoms with Gasteiger partial charge in [-0.05, 0) is 73.2 Å². The fourth-order valence-electron chi connectivity index (χ4n) is 2.89. The zero-order valence-corrected chi connectivity index (χ0v) is 16.9. The van der Waals surface area contributed by atoms with Crippen molar-refractivity contribution in [2.24, 2.45) is 0 Å². The molecule has 0 fully saturated rings. The van der Waals surface area contributed by atoms with Gasteiger partial charge < -0.3 is 5.32 Å². The summed E-state index contributed by atoms with van der Waals surface area (Å²) in [6.45, 7) is 20.4. The van der Waals surface area contributed by atoms with Gasteiger partial charge in [-0.15, -0.1) is 0 Å². The van der Waals surface area contributed by atoms with E-state index in [4.69, 9.17) is 0 Å². The van der Waals surface area contributed by atoms with Gasteiger partial charge in [-0.25, -0.2) is 0 Å². The Bertz CT molecular complexity index is 921. The van der Waals surface area contributed by atoms with E-state index < -0.39 is 0 Å². The standard InChI is InChI=1S/C26H29N/c1-8-9-10-19(4)21(6)23-12-14-24(15-13-23)22(7)27-25-16-11-20(5)26(17-25)18(2)3/h8-17,27H,1-2,7H2,3-6H3/b10-9-,21-19+. The molecule has 2 rings (SSSR count). The minimum atomic E-state index is 0.878. The fourth-order valence-corrected chi connectivity index (χ4v) is 2.89. The number of rotatable bonds is 7. The minimum absolute atomic E-state index is 0.878. The van der Waals surface area contributed by atoms with E-state index in [1.807, 2.05) is 13.0 Å². The molecule has 2 aromatic carbocycles. The molecule has 0 aliphatic rings. The quantitative estimate of drug-likeness (QED) is 0.503. The summed E-state index contributed by atoms with van der Waals surface area (Å²) in [5.74, 6) is 0. The van der Waals surface area contributed by atoms with Crippen LogP contribution in [0.25, 0.3) is 16.8 Å². The Morgan fingerprint density at radius 2 is 1.56 bits per heavy atom. The monoisotopic (exact) mass is 355 g/mol. The SMILES string of the molecule is C=C/C=C\C(C)=C(/C)c1ccc(C(=C)Nc2ccc(C)c(C(=C)C)c2)cc1. The zero-order valence-electron chi connectivity index (χ0n) is 16.9. The molecule has 0 radical (unpaired) electrons. The molecule has 1 N–H and O–H groups in total. The van der Waals surface area contributed by atoms with Crippen molar-refractivity contribution in [3.63, 3.8) is 0 Å². The van der Waals surface area contributed by atoms with Gasteiger partial charge in [-0.1, -0.05) is 73.9 Å². The lowest BCUT2D eigenvalue weighted by Gasteiger charge is -2.14. The lowest BCUT2D eigenvalue weighted by atomic mass is 9.99. The molecule has 0 saturated heterocycles. The van der Waals surface area contributed by atoms with Gasteiger partial charge in [-0.2, -0.15) is 0 Å². The van der Waals surface area contributed by atoms with E-state index in [-0.39, 0.29) is 0 Å². The van der Waals surface area contributed by atoms with Gasteiger partial charge in [0.15, 0.2) is 0 Å². The Hall–Kier alpha value is -3.06. The molecule has 27 heavy (non-hydrogen) atoms. The van der Waals surface area contributed by atoms with Crippen molar-refractivity contribution in [2.45, 2.75) is 27.7 Å². The Kier molecular flexibility index (Phi) is 6.79. The number of benzene rings is 2. The maximum absolute atomic E-state index is 4.20. The van der Waals surface area contributed by atoms with Crippen LogP contribution in [0.2, 0.25) is 0 Å². The Balaban J connectivity index is 2.19. The summed E-state index contributed by atoms with van der Waals surface area (Å²) in [6.07, 6.45) is 5.83. The number of nitrogens with one attached hydrogen (secondary N) is 1. The molecule has 0 atom stereocenters. The van der Waals surface area contributed by atoms with E-state index >= 15 is 0 Å². The first-order chi connectivity index (χ1) is 12.8. The first kappa shape index (κ1) is 20.3. The second-order valence-electron chi connectivity index (χ2n) is 6.89. The van der Waals surface area contributed by atoms with Crippen LogP contribution in [-0.2, 0) is 0 Å². The smallest absolute Gasteiger partial charge is 0.0390 e. The van der Waals surface area contributed by atoms with Gasteiger partial charge in [0.05, 0.1) is 0 Å². The third-order valence-corrected chi connectivity index (χ3v) is 4.73. The summed E-state index contributed by atoms with van der Waals surface area (Å²) < 4.78 is 0. The molecule has 0 heterocycles. The second kappa shape index (κ2) is 9.05. The Morgan fingerprint density at radius 1 is 0.926 bits per heavy atom. The van der Waals surface area contributed by atoms with Crippen LogP contribution in [0.1, 0.15) is 43.0 Å². The van der Waals surface area contributed by atoms with E-state index in [1.165, 1.54) is 27.8 Å². The van der Waals surface area contributed by atoms with Crippen LogP contribution in [0.15, 0.2) is 86.0 Å². The van der Waals surface area contributed by atoms with Crippen molar-refractivity contribution in [2.75, 3.05) is 5.32 Å². The van der Waals surface area contributed by atoms with Crippen LogP contribution >= 0.6 is 0 Å². The molecule has 0 bridgehead atoms. The molecule has 0 aliphatic heterocycles. The van der Waals surface area contributed by atoms with Crippen molar-refractivity contribution in [3.05, 3.63) is 108 Å². The number of hydrogen-bond acceptors (Lipinski definition) is 1. The van der Waals surface area contributed by atoms with Crippen LogP contribution in [0.4, 0.5) is 5.69 Å². The molecule has 138 valence electrons. The van der Waals surface area contributed by atoms with E-state index in [1.54, 1.807) is 6.08 Å². The summed E-state index contributed by atoms with van der Waals surface area (Å²) >= 11 is 0. The van der Waals surface area contributed by atoms with Crippen molar-refractivity contribution in [1.29, 1.82) is 0 Å². The lowest BCUT2D eigenvalue weighted by Crippen LogP contribution is -1.99. The fraction of sp³-hybridized carbons (Fsp3) is 0.154. The number of allylic oxidation sites excluding steroid dienone is 6. The van der Waals surface area contributed by atoms with Crippen LogP contribution in [-0.4, -0.2) is 0 Å². The first-order valence-electron chi connectivity index (χ1n) is 9.13.